The van der Waals surface area contributed by atoms with Crippen LogP contribution in [0.2, 0.25) is 0 Å². The normalized spacial score (nSPS) is 26.4. The van der Waals surface area contributed by atoms with Gasteiger partial charge in [0.1, 0.15) is 22.9 Å². The maximum absolute atomic E-state index is 14.7. The van der Waals surface area contributed by atoms with E-state index in [1.54, 1.807) is 20.8 Å². The molecular formula is C20H23F4N3O4. The van der Waals surface area contributed by atoms with Crippen molar-refractivity contribution in [3.8, 4) is 0 Å². The third-order valence-electron chi connectivity index (χ3n) is 4.99. The van der Waals surface area contributed by atoms with Crippen molar-refractivity contribution in [3.05, 3.63) is 35.6 Å². The van der Waals surface area contributed by atoms with Crippen LogP contribution in [0.3, 0.4) is 0 Å². The lowest BCUT2D eigenvalue weighted by Gasteiger charge is -2.40. The topological polar surface area (TPSA) is 80.2 Å². The molecule has 3 rings (SSSR count). The predicted molar refractivity (Wildman–Crippen MR) is 102 cm³/mol. The van der Waals surface area contributed by atoms with Crippen LogP contribution in [-0.2, 0) is 19.8 Å². The number of rotatable bonds is 2. The second-order valence-electron chi connectivity index (χ2n) is 8.30. The standard InChI is InChI=1S/C20H23F4N3O4/c1-5-27-15(28)13-14(20(22,23)24)30-10-19(13,11-8-6-7-9-12(11)21)26-16(27)25-17(29)31-18(2,3)4/h6-9,13-14H,5,10H2,1-4H3,(H,25,26,29). The van der Waals surface area contributed by atoms with Crippen molar-refractivity contribution in [1.82, 2.24) is 10.2 Å². The molecule has 1 aromatic carbocycles. The molecule has 0 aromatic heterocycles. The van der Waals surface area contributed by atoms with E-state index >= 15 is 0 Å². The first-order chi connectivity index (χ1) is 14.3. The summed E-state index contributed by atoms with van der Waals surface area (Å²) in [5.41, 5.74) is -3.10. The van der Waals surface area contributed by atoms with Crippen molar-refractivity contribution in [3.63, 3.8) is 0 Å². The molecule has 1 aromatic rings. The molecule has 0 aliphatic carbocycles. The van der Waals surface area contributed by atoms with Crippen LogP contribution in [0, 0.1) is 11.7 Å². The summed E-state index contributed by atoms with van der Waals surface area (Å²) in [6.45, 7) is 5.60. The minimum atomic E-state index is -4.88. The molecule has 2 aliphatic heterocycles. The quantitative estimate of drug-likeness (QED) is 0.709. The number of benzene rings is 1. The van der Waals surface area contributed by atoms with Gasteiger partial charge in [-0.3, -0.25) is 15.0 Å². The van der Waals surface area contributed by atoms with Crippen LogP contribution in [-0.4, -0.2) is 53.9 Å². The van der Waals surface area contributed by atoms with Crippen LogP contribution in [0.5, 0.6) is 0 Å². The van der Waals surface area contributed by atoms with E-state index in [0.717, 1.165) is 11.0 Å². The Morgan fingerprint density at radius 1 is 1.32 bits per heavy atom. The molecule has 2 aliphatic rings. The summed E-state index contributed by atoms with van der Waals surface area (Å²) < 4.78 is 65.9. The SMILES string of the molecule is CCN1C(=O)C2C(C(F)(F)F)OCC2(c2ccccc2F)N=C1NC(=O)OC(C)(C)C. The second-order valence-corrected chi connectivity index (χ2v) is 8.30. The summed E-state index contributed by atoms with van der Waals surface area (Å²) in [7, 11) is 0. The van der Waals surface area contributed by atoms with Gasteiger partial charge in [0.2, 0.25) is 11.9 Å². The summed E-state index contributed by atoms with van der Waals surface area (Å²) in [6.07, 6.45) is -8.30. The van der Waals surface area contributed by atoms with Crippen molar-refractivity contribution >= 4 is 18.0 Å². The molecule has 3 unspecified atom stereocenters. The molecule has 3 atom stereocenters. The van der Waals surface area contributed by atoms with Gasteiger partial charge in [0.25, 0.3) is 0 Å². The van der Waals surface area contributed by atoms with Crippen LogP contribution >= 0.6 is 0 Å². The number of guanidine groups is 1. The highest BCUT2D eigenvalue weighted by atomic mass is 19.4. The number of alkyl halides is 3. The van der Waals surface area contributed by atoms with E-state index in [1.165, 1.54) is 25.1 Å². The van der Waals surface area contributed by atoms with Crippen LogP contribution in [0.4, 0.5) is 22.4 Å². The van der Waals surface area contributed by atoms with E-state index in [4.69, 9.17) is 9.47 Å². The molecule has 2 amide bonds. The summed E-state index contributed by atoms with van der Waals surface area (Å²) in [5.74, 6) is -4.00. The van der Waals surface area contributed by atoms with E-state index in [-0.39, 0.29) is 18.1 Å². The van der Waals surface area contributed by atoms with Crippen LogP contribution in [0.15, 0.2) is 29.3 Å². The predicted octanol–water partition coefficient (Wildman–Crippen LogP) is 3.34. The van der Waals surface area contributed by atoms with Gasteiger partial charge in [0.05, 0.1) is 6.61 Å². The maximum atomic E-state index is 14.7. The number of fused-ring (bicyclic) bond motifs is 1. The van der Waals surface area contributed by atoms with Gasteiger partial charge in [0.15, 0.2) is 6.10 Å². The van der Waals surface area contributed by atoms with Gasteiger partial charge in [-0.2, -0.15) is 13.2 Å². The number of nitrogens with one attached hydrogen (secondary N) is 1. The summed E-state index contributed by atoms with van der Waals surface area (Å²) in [4.78, 5) is 30.7. The molecule has 170 valence electrons. The molecule has 0 saturated carbocycles. The third kappa shape index (κ3) is 4.23. The Bertz CT molecular complexity index is 912. The van der Waals surface area contributed by atoms with E-state index < -0.39 is 53.8 Å². The number of ether oxygens (including phenoxy) is 2. The zero-order valence-electron chi connectivity index (χ0n) is 17.4. The molecule has 7 nitrogen and oxygen atoms in total. The smallest absolute Gasteiger partial charge is 0.415 e. The van der Waals surface area contributed by atoms with Crippen molar-refractivity contribution in [2.75, 3.05) is 13.2 Å². The minimum Gasteiger partial charge on any atom is -0.444 e. The third-order valence-corrected chi connectivity index (χ3v) is 4.99. The highest BCUT2D eigenvalue weighted by molar-refractivity contribution is 6.06. The summed E-state index contributed by atoms with van der Waals surface area (Å²) >= 11 is 0. The lowest BCUT2D eigenvalue weighted by atomic mass is 9.76. The van der Waals surface area contributed by atoms with E-state index in [1.807, 2.05) is 0 Å². The fourth-order valence-electron chi connectivity index (χ4n) is 3.81. The molecule has 31 heavy (non-hydrogen) atoms. The number of amides is 2. The van der Waals surface area contributed by atoms with Crippen LogP contribution < -0.4 is 5.32 Å². The molecule has 11 heteroatoms. The zero-order valence-corrected chi connectivity index (χ0v) is 17.4. The van der Waals surface area contributed by atoms with Gasteiger partial charge >= 0.3 is 12.3 Å². The molecule has 0 radical (unpaired) electrons. The molecule has 0 bridgehead atoms. The fraction of sp³-hybridized carbons (Fsp3) is 0.550. The van der Waals surface area contributed by atoms with Gasteiger partial charge in [-0.25, -0.2) is 14.2 Å². The highest BCUT2D eigenvalue weighted by Gasteiger charge is 2.66. The van der Waals surface area contributed by atoms with E-state index in [2.05, 4.69) is 10.3 Å². The number of aliphatic imine (C=N–C) groups is 1. The van der Waals surface area contributed by atoms with Gasteiger partial charge in [0, 0.05) is 12.1 Å². The molecule has 1 saturated heterocycles. The lowest BCUT2D eigenvalue weighted by Crippen LogP contribution is -2.60. The molecule has 1 N–H and O–H groups in total. The number of hydrogen-bond acceptors (Lipinski definition) is 5. The summed E-state index contributed by atoms with van der Waals surface area (Å²) in [6, 6.07) is 5.12. The number of carbonyl (C=O) groups is 2. The second kappa shape index (κ2) is 7.77. The monoisotopic (exact) mass is 445 g/mol. The van der Waals surface area contributed by atoms with Crippen LogP contribution in [0.1, 0.15) is 33.3 Å². The zero-order chi connectivity index (χ0) is 23.2. The Morgan fingerprint density at radius 3 is 2.52 bits per heavy atom. The number of carbonyl (C=O) groups excluding carboxylic acids is 2. The molecule has 2 heterocycles. The Labute approximate surface area is 176 Å². The van der Waals surface area contributed by atoms with Crippen molar-refractivity contribution < 1.29 is 36.6 Å². The number of hydrogen-bond donors (Lipinski definition) is 1. The van der Waals surface area contributed by atoms with Crippen LogP contribution in [0.25, 0.3) is 0 Å². The Hall–Kier alpha value is -2.69. The van der Waals surface area contributed by atoms with Crippen molar-refractivity contribution in [2.24, 2.45) is 10.9 Å². The summed E-state index contributed by atoms with van der Waals surface area (Å²) in [5, 5.41) is 2.32. The Kier molecular flexibility index (Phi) is 5.76. The molecular weight excluding hydrogens is 422 g/mol. The van der Waals surface area contributed by atoms with Gasteiger partial charge < -0.3 is 9.47 Å². The van der Waals surface area contributed by atoms with Crippen molar-refractivity contribution in [2.45, 2.75) is 51.1 Å². The first-order valence-corrected chi connectivity index (χ1v) is 9.64. The first-order valence-electron chi connectivity index (χ1n) is 9.64. The number of halogens is 4. The highest BCUT2D eigenvalue weighted by Crippen LogP contribution is 2.50. The average Bonchev–Trinajstić information content (AvgIpc) is 3.01. The lowest BCUT2D eigenvalue weighted by molar-refractivity contribution is -0.218. The Morgan fingerprint density at radius 2 is 1.97 bits per heavy atom. The average molecular weight is 445 g/mol. The number of alkyl carbamates (subject to hydrolysis) is 1. The van der Waals surface area contributed by atoms with E-state index in [0.29, 0.717) is 0 Å². The van der Waals surface area contributed by atoms with Crippen molar-refractivity contribution in [1.29, 1.82) is 0 Å². The fourth-order valence-corrected chi connectivity index (χ4v) is 3.81. The van der Waals surface area contributed by atoms with E-state index in [9.17, 15) is 27.2 Å². The Balaban J connectivity index is 2.15. The first kappa shape index (κ1) is 23.0. The van der Waals surface area contributed by atoms with Gasteiger partial charge in [-0.1, -0.05) is 18.2 Å². The molecule has 0 spiro atoms. The minimum absolute atomic E-state index is 0.0815. The maximum Gasteiger partial charge on any atom is 0.415 e. The van der Waals surface area contributed by atoms with Gasteiger partial charge in [-0.05, 0) is 33.8 Å². The number of nitrogens with zero attached hydrogens (tertiary/aromatic N) is 2. The molecule has 1 fully saturated rings. The van der Waals surface area contributed by atoms with Gasteiger partial charge in [-0.15, -0.1) is 0 Å². The largest absolute Gasteiger partial charge is 0.444 e.